The third-order valence-electron chi connectivity index (χ3n) is 4.78. The van der Waals surface area contributed by atoms with Crippen molar-refractivity contribution >= 4 is 5.97 Å². The topological polar surface area (TPSA) is 58.4 Å². The van der Waals surface area contributed by atoms with Gasteiger partial charge in [0, 0.05) is 12.5 Å². The van der Waals surface area contributed by atoms with Gasteiger partial charge in [0.25, 0.3) is 0 Å². The minimum absolute atomic E-state index is 0.297. The summed E-state index contributed by atoms with van der Waals surface area (Å²) in [4.78, 5) is 18.3. The molecule has 1 fully saturated rings. The summed E-state index contributed by atoms with van der Waals surface area (Å²) < 4.78 is 2.21. The zero-order chi connectivity index (χ0) is 14.3. The highest BCUT2D eigenvalue weighted by Gasteiger charge is 2.31. The van der Waals surface area contributed by atoms with Crippen molar-refractivity contribution in [1.82, 2.24) is 14.5 Å². The third kappa shape index (κ3) is 2.35. The second-order valence-electron chi connectivity index (χ2n) is 6.40. The van der Waals surface area contributed by atoms with Crippen LogP contribution in [0.4, 0.5) is 0 Å². The van der Waals surface area contributed by atoms with Crippen LogP contribution in [0.25, 0.3) is 0 Å². The molecule has 1 unspecified atom stereocenters. The average Bonchev–Trinajstić information content (AvgIpc) is 2.78. The number of aromatic nitrogens is 2. The van der Waals surface area contributed by atoms with E-state index < -0.39 is 5.97 Å². The van der Waals surface area contributed by atoms with E-state index in [1.807, 2.05) is 0 Å². The van der Waals surface area contributed by atoms with Crippen LogP contribution in [0.3, 0.4) is 0 Å². The first kappa shape index (κ1) is 13.6. The van der Waals surface area contributed by atoms with Crippen molar-refractivity contribution < 1.29 is 9.90 Å². The summed E-state index contributed by atoms with van der Waals surface area (Å²) in [6.45, 7) is 5.27. The number of imidazole rings is 1. The van der Waals surface area contributed by atoms with Gasteiger partial charge in [-0.3, -0.25) is 0 Å². The number of hydrogen-bond donors (Lipinski definition) is 1. The Kier molecular flexibility index (Phi) is 3.54. The predicted molar refractivity (Wildman–Crippen MR) is 76.1 cm³/mol. The number of nitrogens with zero attached hydrogens (tertiary/aromatic N) is 3. The number of rotatable bonds is 2. The van der Waals surface area contributed by atoms with Crippen molar-refractivity contribution in [1.29, 1.82) is 0 Å². The van der Waals surface area contributed by atoms with Gasteiger partial charge in [-0.1, -0.05) is 6.92 Å². The van der Waals surface area contributed by atoms with Gasteiger partial charge < -0.3 is 14.6 Å². The predicted octanol–water partition coefficient (Wildman–Crippen LogP) is 1.97. The van der Waals surface area contributed by atoms with Crippen LogP contribution in [0.15, 0.2) is 0 Å². The van der Waals surface area contributed by atoms with Crippen LogP contribution < -0.4 is 0 Å². The Labute approximate surface area is 119 Å². The van der Waals surface area contributed by atoms with Crippen molar-refractivity contribution in [3.8, 4) is 0 Å². The summed E-state index contributed by atoms with van der Waals surface area (Å²) in [7, 11) is 2.14. The molecule has 0 saturated carbocycles. The van der Waals surface area contributed by atoms with Crippen LogP contribution in [-0.2, 0) is 13.0 Å². The Morgan fingerprint density at radius 3 is 2.60 bits per heavy atom. The van der Waals surface area contributed by atoms with Gasteiger partial charge in [0.2, 0.25) is 0 Å². The molecule has 0 radical (unpaired) electrons. The van der Waals surface area contributed by atoms with Crippen LogP contribution in [0, 0.1) is 5.92 Å². The molecule has 3 rings (SSSR count). The quantitative estimate of drug-likeness (QED) is 0.898. The summed E-state index contributed by atoms with van der Waals surface area (Å²) in [6, 6.07) is 0. The average molecular weight is 277 g/mol. The van der Waals surface area contributed by atoms with Crippen molar-refractivity contribution in [3.63, 3.8) is 0 Å². The molecule has 1 atom stereocenters. The lowest BCUT2D eigenvalue weighted by molar-refractivity contribution is 0.0688. The SMILES string of the molecule is CC1CCn2c(C3CCN(C)CC3)nc(C(=O)O)c2C1. The fourth-order valence-corrected chi connectivity index (χ4v) is 3.49. The maximum absolute atomic E-state index is 11.4. The van der Waals surface area contributed by atoms with Gasteiger partial charge in [-0.25, -0.2) is 9.78 Å². The molecule has 20 heavy (non-hydrogen) atoms. The summed E-state index contributed by atoms with van der Waals surface area (Å²) in [5.41, 5.74) is 1.25. The Balaban J connectivity index is 1.95. The lowest BCUT2D eigenvalue weighted by atomic mass is 9.94. The number of piperidine rings is 1. The maximum atomic E-state index is 11.4. The number of carbonyl (C=O) groups is 1. The molecule has 2 aliphatic heterocycles. The van der Waals surface area contributed by atoms with Gasteiger partial charge >= 0.3 is 5.97 Å². The monoisotopic (exact) mass is 277 g/mol. The van der Waals surface area contributed by atoms with Gasteiger partial charge in [0.15, 0.2) is 5.69 Å². The molecule has 1 aromatic heterocycles. The minimum Gasteiger partial charge on any atom is -0.476 e. The molecular formula is C15H23N3O2. The van der Waals surface area contributed by atoms with E-state index in [-0.39, 0.29) is 0 Å². The fourth-order valence-electron chi connectivity index (χ4n) is 3.49. The van der Waals surface area contributed by atoms with E-state index in [2.05, 4.69) is 28.4 Å². The van der Waals surface area contributed by atoms with Crippen LogP contribution in [0.2, 0.25) is 0 Å². The number of fused-ring (bicyclic) bond motifs is 1. The molecule has 2 aliphatic rings. The smallest absolute Gasteiger partial charge is 0.356 e. The second-order valence-corrected chi connectivity index (χ2v) is 6.40. The van der Waals surface area contributed by atoms with Gasteiger partial charge in [0.1, 0.15) is 5.82 Å². The molecule has 1 N–H and O–H groups in total. The van der Waals surface area contributed by atoms with Crippen LogP contribution in [0.1, 0.15) is 54.1 Å². The maximum Gasteiger partial charge on any atom is 0.356 e. The minimum atomic E-state index is -0.873. The van der Waals surface area contributed by atoms with E-state index in [9.17, 15) is 9.90 Å². The Hall–Kier alpha value is -1.36. The largest absolute Gasteiger partial charge is 0.476 e. The van der Waals surface area contributed by atoms with Gasteiger partial charge in [-0.15, -0.1) is 0 Å². The van der Waals surface area contributed by atoms with Crippen LogP contribution >= 0.6 is 0 Å². The summed E-state index contributed by atoms with van der Waals surface area (Å²) in [6.07, 6.45) is 4.15. The molecule has 5 heteroatoms. The molecule has 0 amide bonds. The molecular weight excluding hydrogens is 254 g/mol. The highest BCUT2D eigenvalue weighted by molar-refractivity contribution is 5.87. The Morgan fingerprint density at radius 1 is 1.25 bits per heavy atom. The number of carboxylic acid groups (broad SMARTS) is 1. The molecule has 0 aliphatic carbocycles. The summed E-state index contributed by atoms with van der Waals surface area (Å²) in [5.74, 6) is 1.13. The number of carboxylic acids is 1. The van der Waals surface area contributed by atoms with Crippen molar-refractivity contribution in [2.75, 3.05) is 20.1 Å². The summed E-state index contributed by atoms with van der Waals surface area (Å²) >= 11 is 0. The third-order valence-corrected chi connectivity index (χ3v) is 4.78. The normalized spacial score (nSPS) is 24.6. The first-order valence-electron chi connectivity index (χ1n) is 7.57. The molecule has 0 aromatic carbocycles. The summed E-state index contributed by atoms with van der Waals surface area (Å²) in [5, 5.41) is 9.40. The lowest BCUT2D eigenvalue weighted by Gasteiger charge is -2.30. The van der Waals surface area contributed by atoms with Crippen LogP contribution in [-0.4, -0.2) is 45.7 Å². The Morgan fingerprint density at radius 2 is 1.95 bits per heavy atom. The number of likely N-dealkylation sites (tertiary alicyclic amines) is 1. The first-order valence-corrected chi connectivity index (χ1v) is 7.57. The van der Waals surface area contributed by atoms with E-state index in [1.165, 1.54) is 0 Å². The van der Waals surface area contributed by atoms with Crippen LogP contribution in [0.5, 0.6) is 0 Å². The van der Waals surface area contributed by atoms with Crippen molar-refractivity contribution in [2.24, 2.45) is 5.92 Å². The van der Waals surface area contributed by atoms with E-state index in [0.717, 1.165) is 56.8 Å². The van der Waals surface area contributed by atoms with E-state index in [0.29, 0.717) is 17.5 Å². The number of aromatic carboxylic acids is 1. The van der Waals surface area contributed by atoms with Gasteiger partial charge in [-0.05, 0) is 51.7 Å². The Bertz CT molecular complexity index is 515. The molecule has 5 nitrogen and oxygen atoms in total. The van der Waals surface area contributed by atoms with Crippen molar-refractivity contribution in [2.45, 2.75) is 45.1 Å². The standard InChI is InChI=1S/C15H23N3O2/c1-10-3-8-18-12(9-10)13(15(19)20)16-14(18)11-4-6-17(2)7-5-11/h10-11H,3-9H2,1-2H3,(H,19,20). The van der Waals surface area contributed by atoms with E-state index in [4.69, 9.17) is 0 Å². The van der Waals surface area contributed by atoms with E-state index in [1.54, 1.807) is 0 Å². The van der Waals surface area contributed by atoms with Gasteiger partial charge in [-0.2, -0.15) is 0 Å². The molecule has 0 spiro atoms. The molecule has 1 saturated heterocycles. The fraction of sp³-hybridized carbons (Fsp3) is 0.733. The highest BCUT2D eigenvalue weighted by Crippen LogP contribution is 2.32. The molecule has 110 valence electrons. The molecule has 3 heterocycles. The van der Waals surface area contributed by atoms with E-state index >= 15 is 0 Å². The van der Waals surface area contributed by atoms with Crippen molar-refractivity contribution in [3.05, 3.63) is 17.2 Å². The second kappa shape index (κ2) is 5.20. The first-order chi connectivity index (χ1) is 9.56. The molecule has 0 bridgehead atoms. The number of hydrogen-bond acceptors (Lipinski definition) is 3. The molecule has 1 aromatic rings. The zero-order valence-corrected chi connectivity index (χ0v) is 12.3. The van der Waals surface area contributed by atoms with Gasteiger partial charge in [0.05, 0.1) is 5.69 Å². The zero-order valence-electron chi connectivity index (χ0n) is 12.3. The highest BCUT2D eigenvalue weighted by atomic mass is 16.4. The lowest BCUT2D eigenvalue weighted by Crippen LogP contribution is -2.31.